The van der Waals surface area contributed by atoms with Crippen LogP contribution in [-0.4, -0.2) is 23.8 Å². The molecule has 0 aliphatic rings. The summed E-state index contributed by atoms with van der Waals surface area (Å²) in [5.74, 6) is 0.650. The molecule has 1 aromatic heterocycles. The van der Waals surface area contributed by atoms with Crippen molar-refractivity contribution in [2.45, 2.75) is 12.2 Å². The summed E-state index contributed by atoms with van der Waals surface area (Å²) in [7, 11) is 1.55. The summed E-state index contributed by atoms with van der Waals surface area (Å²) in [4.78, 5) is 4.03. The van der Waals surface area contributed by atoms with Crippen molar-refractivity contribution in [3.8, 4) is 5.75 Å². The number of ether oxygens (including phenoxy) is 1. The van der Waals surface area contributed by atoms with E-state index in [0.29, 0.717) is 16.8 Å². The minimum atomic E-state index is -4.42. The van der Waals surface area contributed by atoms with Crippen LogP contribution in [0.1, 0.15) is 17.2 Å². The van der Waals surface area contributed by atoms with E-state index in [-0.39, 0.29) is 12.1 Å². The van der Waals surface area contributed by atoms with Crippen molar-refractivity contribution in [2.24, 2.45) is 0 Å². The summed E-state index contributed by atoms with van der Waals surface area (Å²) in [6, 6.07) is 11.9. The van der Waals surface area contributed by atoms with Gasteiger partial charge in [-0.3, -0.25) is 4.98 Å². The second-order valence-electron chi connectivity index (χ2n) is 5.74. The molecule has 136 valence electrons. The van der Waals surface area contributed by atoms with E-state index in [9.17, 15) is 18.3 Å². The first-order valence-electron chi connectivity index (χ1n) is 7.89. The maximum Gasteiger partial charge on any atom is 0.416 e. The maximum absolute atomic E-state index is 12.9. The summed E-state index contributed by atoms with van der Waals surface area (Å²) in [6.07, 6.45) is -2.99. The average Bonchev–Trinajstić information content (AvgIpc) is 2.65. The van der Waals surface area contributed by atoms with Crippen LogP contribution in [0.4, 0.5) is 18.9 Å². The second kappa shape index (κ2) is 7.21. The number of hydrogen-bond acceptors (Lipinski definition) is 4. The lowest BCUT2D eigenvalue weighted by atomic mass is 10.1. The third-order valence-electron chi connectivity index (χ3n) is 4.08. The van der Waals surface area contributed by atoms with Gasteiger partial charge in [-0.2, -0.15) is 13.2 Å². The molecule has 3 rings (SSSR count). The zero-order valence-corrected chi connectivity index (χ0v) is 13.9. The highest BCUT2D eigenvalue weighted by molar-refractivity contribution is 5.91. The van der Waals surface area contributed by atoms with Crippen LogP contribution < -0.4 is 10.1 Å². The number of rotatable bonds is 5. The molecule has 0 aliphatic heterocycles. The van der Waals surface area contributed by atoms with Crippen LogP contribution in [-0.2, 0) is 6.18 Å². The molecule has 0 spiro atoms. The number of methoxy groups -OCH3 is 1. The third-order valence-corrected chi connectivity index (χ3v) is 4.08. The van der Waals surface area contributed by atoms with Crippen molar-refractivity contribution in [1.29, 1.82) is 0 Å². The van der Waals surface area contributed by atoms with Crippen LogP contribution in [0.5, 0.6) is 5.75 Å². The molecule has 1 atom stereocenters. The lowest BCUT2D eigenvalue weighted by molar-refractivity contribution is -0.137. The Balaban J connectivity index is 1.96. The fourth-order valence-electron chi connectivity index (χ4n) is 2.73. The van der Waals surface area contributed by atoms with E-state index in [0.717, 1.165) is 17.7 Å². The molecular formula is C19H17F3N2O2. The van der Waals surface area contributed by atoms with Gasteiger partial charge in [0.15, 0.2) is 0 Å². The number of aliphatic hydroxyl groups is 1. The van der Waals surface area contributed by atoms with Gasteiger partial charge in [0.25, 0.3) is 0 Å². The molecule has 0 saturated heterocycles. The molecule has 0 aliphatic carbocycles. The van der Waals surface area contributed by atoms with Crippen molar-refractivity contribution >= 4 is 16.6 Å². The Bertz CT molecular complexity index is 913. The largest absolute Gasteiger partial charge is 0.497 e. The molecule has 0 bridgehead atoms. The van der Waals surface area contributed by atoms with Gasteiger partial charge in [-0.1, -0.05) is 18.2 Å². The molecule has 7 heteroatoms. The first kappa shape index (κ1) is 18.0. The molecule has 0 radical (unpaired) electrons. The summed E-state index contributed by atoms with van der Waals surface area (Å²) in [5, 5.41) is 13.5. The zero-order chi connectivity index (χ0) is 18.7. The highest BCUT2D eigenvalue weighted by atomic mass is 19.4. The monoisotopic (exact) mass is 362 g/mol. The van der Waals surface area contributed by atoms with Crippen LogP contribution in [0, 0.1) is 0 Å². The van der Waals surface area contributed by atoms with Gasteiger partial charge in [0.1, 0.15) is 5.75 Å². The van der Waals surface area contributed by atoms with Crippen molar-refractivity contribution in [3.63, 3.8) is 0 Å². The van der Waals surface area contributed by atoms with Crippen LogP contribution in [0.3, 0.4) is 0 Å². The molecule has 1 heterocycles. The number of hydrogen-bond donors (Lipinski definition) is 2. The van der Waals surface area contributed by atoms with Crippen LogP contribution in [0.25, 0.3) is 10.9 Å². The number of aliphatic hydroxyl groups excluding tert-OH is 1. The molecular weight excluding hydrogens is 345 g/mol. The van der Waals surface area contributed by atoms with Crippen molar-refractivity contribution in [2.75, 3.05) is 19.0 Å². The van der Waals surface area contributed by atoms with Gasteiger partial charge >= 0.3 is 6.18 Å². The highest BCUT2D eigenvalue weighted by Gasteiger charge is 2.30. The lowest BCUT2D eigenvalue weighted by Gasteiger charge is -2.20. The molecule has 4 nitrogen and oxygen atoms in total. The Morgan fingerprint density at radius 2 is 1.96 bits per heavy atom. The van der Waals surface area contributed by atoms with Gasteiger partial charge < -0.3 is 15.2 Å². The number of alkyl halides is 3. The van der Waals surface area contributed by atoms with Crippen molar-refractivity contribution < 1.29 is 23.0 Å². The first-order valence-corrected chi connectivity index (χ1v) is 7.89. The number of pyridine rings is 1. The molecule has 3 aromatic rings. The fourth-order valence-corrected chi connectivity index (χ4v) is 2.73. The molecule has 1 unspecified atom stereocenters. The van der Waals surface area contributed by atoms with Gasteiger partial charge in [-0.15, -0.1) is 0 Å². The quantitative estimate of drug-likeness (QED) is 0.706. The minimum absolute atomic E-state index is 0.197. The number of halogens is 3. The average molecular weight is 362 g/mol. The number of nitrogens with one attached hydrogen (secondary N) is 1. The van der Waals surface area contributed by atoms with Gasteiger partial charge in [0, 0.05) is 17.3 Å². The molecule has 26 heavy (non-hydrogen) atoms. The standard InChI is InChI=1S/C19H17F3N2O2/c1-26-14-4-2-3-12(9-14)18(11-25)24-16-7-8-23-17-10-13(19(20,21)22)5-6-15(16)17/h2-10,18,25H,11H2,1H3,(H,23,24). The Labute approximate surface area is 148 Å². The molecule has 0 fully saturated rings. The maximum atomic E-state index is 12.9. The number of nitrogens with zero attached hydrogens (tertiary/aromatic N) is 1. The van der Waals surface area contributed by atoms with Crippen molar-refractivity contribution in [3.05, 3.63) is 65.9 Å². The Morgan fingerprint density at radius 1 is 1.15 bits per heavy atom. The van der Waals surface area contributed by atoms with Gasteiger partial charge in [-0.25, -0.2) is 0 Å². The van der Waals surface area contributed by atoms with E-state index in [1.54, 1.807) is 31.4 Å². The number of fused-ring (bicyclic) bond motifs is 1. The smallest absolute Gasteiger partial charge is 0.416 e. The zero-order valence-electron chi connectivity index (χ0n) is 13.9. The number of anilines is 1. The van der Waals surface area contributed by atoms with Crippen molar-refractivity contribution in [1.82, 2.24) is 4.98 Å². The molecule has 2 N–H and O–H groups in total. The Kier molecular flexibility index (Phi) is 4.99. The summed E-state index contributed by atoms with van der Waals surface area (Å²) >= 11 is 0. The van der Waals surface area contributed by atoms with Crippen LogP contribution in [0.15, 0.2) is 54.7 Å². The van der Waals surface area contributed by atoms with E-state index >= 15 is 0 Å². The highest BCUT2D eigenvalue weighted by Crippen LogP contribution is 2.33. The fraction of sp³-hybridized carbons (Fsp3) is 0.211. The molecule has 0 saturated carbocycles. The van der Waals surface area contributed by atoms with E-state index in [1.165, 1.54) is 12.3 Å². The lowest BCUT2D eigenvalue weighted by Crippen LogP contribution is -2.15. The number of benzene rings is 2. The SMILES string of the molecule is COc1cccc(C(CO)Nc2ccnc3cc(C(F)(F)F)ccc23)c1. The minimum Gasteiger partial charge on any atom is -0.497 e. The number of aromatic nitrogens is 1. The van der Waals surface area contributed by atoms with Gasteiger partial charge in [0.2, 0.25) is 0 Å². The van der Waals surface area contributed by atoms with Gasteiger partial charge in [-0.05, 0) is 35.9 Å². The summed E-state index contributed by atoms with van der Waals surface area (Å²) in [6.45, 7) is -0.197. The summed E-state index contributed by atoms with van der Waals surface area (Å²) in [5.41, 5.74) is 0.864. The van der Waals surface area contributed by atoms with E-state index in [4.69, 9.17) is 4.74 Å². The molecule has 2 aromatic carbocycles. The van der Waals surface area contributed by atoms with E-state index < -0.39 is 17.8 Å². The molecule has 0 amide bonds. The van der Waals surface area contributed by atoms with E-state index in [1.807, 2.05) is 6.07 Å². The third kappa shape index (κ3) is 3.72. The first-order chi connectivity index (χ1) is 12.4. The predicted molar refractivity (Wildman–Crippen MR) is 93.2 cm³/mol. The van der Waals surface area contributed by atoms with E-state index in [2.05, 4.69) is 10.3 Å². The second-order valence-corrected chi connectivity index (χ2v) is 5.74. The summed E-state index contributed by atoms with van der Waals surface area (Å²) < 4.78 is 43.8. The predicted octanol–water partition coefficient (Wildman–Crippen LogP) is 4.41. The topological polar surface area (TPSA) is 54.4 Å². The Morgan fingerprint density at radius 3 is 2.65 bits per heavy atom. The van der Waals surface area contributed by atoms with Gasteiger partial charge in [0.05, 0.1) is 30.8 Å². The Hall–Kier alpha value is -2.80. The normalized spacial score (nSPS) is 12.8. The van der Waals surface area contributed by atoms with Crippen LogP contribution in [0.2, 0.25) is 0 Å². The van der Waals surface area contributed by atoms with Crippen LogP contribution >= 0.6 is 0 Å².